The number of benzene rings is 1. The third kappa shape index (κ3) is 3.39. The number of ether oxygens (including phenoxy) is 1. The fourth-order valence-corrected chi connectivity index (χ4v) is 2.69. The summed E-state index contributed by atoms with van der Waals surface area (Å²) in [5.41, 5.74) is 0.940. The number of hydrogen-bond donors (Lipinski definition) is 1. The Morgan fingerprint density at radius 1 is 1.53 bits per heavy atom. The number of aliphatic carboxylic acids is 1. The topological polar surface area (TPSA) is 49.8 Å². The van der Waals surface area contributed by atoms with Crippen LogP contribution in [-0.4, -0.2) is 35.7 Å². The van der Waals surface area contributed by atoms with E-state index in [1.807, 2.05) is 17.0 Å². The highest BCUT2D eigenvalue weighted by Gasteiger charge is 2.28. The lowest BCUT2D eigenvalue weighted by Crippen LogP contribution is -2.44. The molecule has 1 aromatic carbocycles. The van der Waals surface area contributed by atoms with E-state index in [4.69, 9.17) is 16.3 Å². The van der Waals surface area contributed by atoms with Crippen molar-refractivity contribution in [2.24, 2.45) is 0 Å². The Morgan fingerprint density at radius 2 is 2.32 bits per heavy atom. The van der Waals surface area contributed by atoms with Crippen LogP contribution in [0.25, 0.3) is 0 Å². The van der Waals surface area contributed by atoms with Crippen LogP contribution in [0, 0.1) is 0 Å². The number of carbonyl (C=O) groups is 1. The van der Waals surface area contributed by atoms with Gasteiger partial charge in [0.05, 0.1) is 7.11 Å². The minimum absolute atomic E-state index is 0.396. The molecule has 1 aliphatic rings. The zero-order valence-corrected chi connectivity index (χ0v) is 11.7. The summed E-state index contributed by atoms with van der Waals surface area (Å²) in [5, 5.41) is 9.86. The number of likely N-dealkylation sites (tertiary alicyclic amines) is 1. The Hall–Kier alpha value is -1.26. The summed E-state index contributed by atoms with van der Waals surface area (Å²) < 4.78 is 5.11. The molecular weight excluding hydrogens is 266 g/mol. The Labute approximate surface area is 117 Å². The first-order valence-electron chi connectivity index (χ1n) is 6.41. The molecule has 0 aromatic heterocycles. The van der Waals surface area contributed by atoms with Gasteiger partial charge in [-0.25, -0.2) is 0 Å². The normalized spacial score (nSPS) is 20.2. The van der Waals surface area contributed by atoms with E-state index in [-0.39, 0.29) is 0 Å². The highest BCUT2D eigenvalue weighted by molar-refractivity contribution is 6.31. The third-order valence-corrected chi connectivity index (χ3v) is 3.88. The van der Waals surface area contributed by atoms with Crippen LogP contribution in [0.4, 0.5) is 0 Å². The van der Waals surface area contributed by atoms with Crippen molar-refractivity contribution in [3.63, 3.8) is 0 Å². The van der Waals surface area contributed by atoms with Crippen molar-refractivity contribution in [1.29, 1.82) is 0 Å². The summed E-state index contributed by atoms with van der Waals surface area (Å²) in [6.45, 7) is 1.37. The minimum atomic E-state index is -0.746. The molecule has 0 saturated carbocycles. The summed E-state index contributed by atoms with van der Waals surface area (Å²) in [7, 11) is 1.59. The van der Waals surface area contributed by atoms with Gasteiger partial charge in [0, 0.05) is 11.6 Å². The van der Waals surface area contributed by atoms with E-state index in [2.05, 4.69) is 0 Å². The average molecular weight is 284 g/mol. The van der Waals surface area contributed by atoms with E-state index < -0.39 is 12.0 Å². The van der Waals surface area contributed by atoms with E-state index in [9.17, 15) is 9.90 Å². The van der Waals surface area contributed by atoms with Crippen molar-refractivity contribution in [1.82, 2.24) is 4.90 Å². The maximum atomic E-state index is 11.2. The number of nitrogens with zero attached hydrogens (tertiary/aromatic N) is 1. The number of carboxylic acids is 1. The lowest BCUT2D eigenvalue weighted by molar-refractivity contribution is -0.144. The van der Waals surface area contributed by atoms with Crippen LogP contribution < -0.4 is 4.74 Å². The Bertz CT molecular complexity index is 464. The van der Waals surface area contributed by atoms with Gasteiger partial charge in [-0.3, -0.25) is 9.69 Å². The molecule has 0 spiro atoms. The highest BCUT2D eigenvalue weighted by atomic mass is 35.5. The van der Waals surface area contributed by atoms with Crippen LogP contribution in [0.1, 0.15) is 24.8 Å². The average Bonchev–Trinajstić information content (AvgIpc) is 2.41. The molecule has 1 aromatic rings. The molecular formula is C14H18ClNO3. The number of hydrogen-bond acceptors (Lipinski definition) is 3. The van der Waals surface area contributed by atoms with Gasteiger partial charge in [-0.1, -0.05) is 24.1 Å². The Kier molecular flexibility index (Phi) is 4.66. The molecule has 0 bridgehead atoms. The van der Waals surface area contributed by atoms with Gasteiger partial charge in [0.15, 0.2) is 0 Å². The smallest absolute Gasteiger partial charge is 0.320 e. The summed E-state index contributed by atoms with van der Waals surface area (Å²) >= 11 is 6.20. The summed E-state index contributed by atoms with van der Waals surface area (Å²) in [4.78, 5) is 13.2. The molecule has 1 fully saturated rings. The van der Waals surface area contributed by atoms with E-state index >= 15 is 0 Å². The van der Waals surface area contributed by atoms with Crippen molar-refractivity contribution in [2.45, 2.75) is 31.8 Å². The molecule has 0 aliphatic carbocycles. The Morgan fingerprint density at radius 3 is 2.95 bits per heavy atom. The monoisotopic (exact) mass is 283 g/mol. The lowest BCUT2D eigenvalue weighted by Gasteiger charge is -2.33. The van der Waals surface area contributed by atoms with E-state index in [1.54, 1.807) is 13.2 Å². The fraction of sp³-hybridized carbons (Fsp3) is 0.500. The van der Waals surface area contributed by atoms with Gasteiger partial charge in [-0.15, -0.1) is 0 Å². The predicted octanol–water partition coefficient (Wildman–Crippen LogP) is 2.79. The maximum absolute atomic E-state index is 11.2. The van der Waals surface area contributed by atoms with Crippen molar-refractivity contribution in [3.05, 3.63) is 28.8 Å². The number of rotatable bonds is 4. The predicted molar refractivity (Wildman–Crippen MR) is 73.7 cm³/mol. The van der Waals surface area contributed by atoms with Crippen molar-refractivity contribution in [2.75, 3.05) is 13.7 Å². The van der Waals surface area contributed by atoms with Crippen LogP contribution in [-0.2, 0) is 11.3 Å². The van der Waals surface area contributed by atoms with Gasteiger partial charge >= 0.3 is 5.97 Å². The highest BCUT2D eigenvalue weighted by Crippen LogP contribution is 2.26. The number of piperidine rings is 1. The van der Waals surface area contributed by atoms with Crippen LogP contribution in [0.15, 0.2) is 18.2 Å². The second-order valence-corrected chi connectivity index (χ2v) is 5.18. The second kappa shape index (κ2) is 6.26. The van der Waals surface area contributed by atoms with Gasteiger partial charge in [-0.2, -0.15) is 0 Å². The molecule has 0 amide bonds. The molecule has 0 radical (unpaired) electrons. The summed E-state index contributed by atoms with van der Waals surface area (Å²) in [6.07, 6.45) is 2.73. The minimum Gasteiger partial charge on any atom is -0.497 e. The molecule has 1 N–H and O–H groups in total. The van der Waals surface area contributed by atoms with Crippen LogP contribution in [0.5, 0.6) is 5.75 Å². The standard InChI is InChI=1S/C14H18ClNO3/c1-19-11-6-5-10(12(15)8-11)9-16-7-3-2-4-13(16)14(17)18/h5-6,8,13H,2-4,7,9H2,1H3,(H,17,18). The van der Waals surface area contributed by atoms with E-state index in [0.717, 1.165) is 24.9 Å². The SMILES string of the molecule is COc1ccc(CN2CCCCC2C(=O)O)c(Cl)c1. The first-order chi connectivity index (χ1) is 9.11. The first kappa shape index (κ1) is 14.2. The molecule has 19 heavy (non-hydrogen) atoms. The van der Waals surface area contributed by atoms with Gasteiger partial charge in [0.25, 0.3) is 0 Å². The largest absolute Gasteiger partial charge is 0.497 e. The van der Waals surface area contributed by atoms with Crippen molar-refractivity contribution >= 4 is 17.6 Å². The maximum Gasteiger partial charge on any atom is 0.320 e. The van der Waals surface area contributed by atoms with Crippen molar-refractivity contribution < 1.29 is 14.6 Å². The molecule has 5 heteroatoms. The number of carboxylic acid groups (broad SMARTS) is 1. The third-order valence-electron chi connectivity index (χ3n) is 3.53. The molecule has 104 valence electrons. The summed E-state index contributed by atoms with van der Waals surface area (Å²) in [6, 6.07) is 5.11. The van der Waals surface area contributed by atoms with Gasteiger partial charge in [0.2, 0.25) is 0 Å². The molecule has 4 nitrogen and oxygen atoms in total. The number of methoxy groups -OCH3 is 1. The molecule has 1 unspecified atom stereocenters. The molecule has 1 heterocycles. The van der Waals surface area contributed by atoms with Gasteiger partial charge < -0.3 is 9.84 Å². The Balaban J connectivity index is 2.12. The van der Waals surface area contributed by atoms with E-state index in [0.29, 0.717) is 23.7 Å². The molecule has 1 saturated heterocycles. The van der Waals surface area contributed by atoms with Gasteiger partial charge in [-0.05, 0) is 37.1 Å². The zero-order valence-electron chi connectivity index (χ0n) is 10.9. The molecule has 1 atom stereocenters. The number of halogens is 1. The lowest BCUT2D eigenvalue weighted by atomic mass is 10.0. The fourth-order valence-electron chi connectivity index (χ4n) is 2.46. The second-order valence-electron chi connectivity index (χ2n) is 4.78. The van der Waals surface area contributed by atoms with E-state index in [1.165, 1.54) is 0 Å². The van der Waals surface area contributed by atoms with Crippen LogP contribution in [0.2, 0.25) is 5.02 Å². The quantitative estimate of drug-likeness (QED) is 0.923. The van der Waals surface area contributed by atoms with Crippen molar-refractivity contribution in [3.8, 4) is 5.75 Å². The molecule has 2 rings (SSSR count). The first-order valence-corrected chi connectivity index (χ1v) is 6.79. The van der Waals surface area contributed by atoms with Gasteiger partial charge in [0.1, 0.15) is 11.8 Å². The molecule has 1 aliphatic heterocycles. The summed E-state index contributed by atoms with van der Waals surface area (Å²) in [5.74, 6) is -0.0356. The van der Waals surface area contributed by atoms with Crippen LogP contribution in [0.3, 0.4) is 0 Å². The van der Waals surface area contributed by atoms with Crippen LogP contribution >= 0.6 is 11.6 Å². The zero-order chi connectivity index (χ0) is 13.8.